The van der Waals surface area contributed by atoms with Gasteiger partial charge in [-0.2, -0.15) is 0 Å². The van der Waals surface area contributed by atoms with Crippen LogP contribution in [0.2, 0.25) is 0 Å². The fourth-order valence-corrected chi connectivity index (χ4v) is 0.156. The van der Waals surface area contributed by atoms with Gasteiger partial charge in [-0.05, 0) is 0 Å². The molecule has 0 aromatic heterocycles. The smallest absolute Gasteiger partial charge is 0.218 e. The first-order valence-electron chi connectivity index (χ1n) is 1.25. The van der Waals surface area contributed by atoms with Crippen molar-refractivity contribution in [2.45, 2.75) is 0 Å². The molecule has 2 heteroatoms. The van der Waals surface area contributed by atoms with E-state index < -0.39 is 0 Å². The fourth-order valence-electron chi connectivity index (χ4n) is 0.156. The third kappa shape index (κ3) is 0.246. The molecule has 5 heavy (non-hydrogen) atoms. The highest BCUT2D eigenvalue weighted by Crippen LogP contribution is 1.60. The summed E-state index contributed by atoms with van der Waals surface area (Å²) in [5.41, 5.74) is 0. The van der Waals surface area contributed by atoms with Crippen molar-refractivity contribution in [1.82, 2.24) is 10.6 Å². The molecule has 0 aliphatic carbocycles. The van der Waals surface area contributed by atoms with Crippen molar-refractivity contribution in [3.63, 3.8) is 0 Å². The van der Waals surface area contributed by atoms with Crippen LogP contribution in [0.15, 0.2) is 0 Å². The van der Waals surface area contributed by atoms with Crippen molar-refractivity contribution in [2.24, 2.45) is 0 Å². The third-order valence-corrected chi connectivity index (χ3v) is 0.312. The second-order valence-electron chi connectivity index (χ2n) is 0.625. The Morgan fingerprint density at radius 1 is 1.00 bits per heavy atom. The van der Waals surface area contributed by atoms with E-state index in [1.807, 2.05) is 0 Å². The minimum Gasteiger partial charge on any atom is -0.313 e. The van der Waals surface area contributed by atoms with Crippen LogP contribution in [0.5, 0.6) is 0 Å². The highest BCUT2D eigenvalue weighted by molar-refractivity contribution is 5.04. The minimum absolute atomic E-state index is 2.50. The van der Waals surface area contributed by atoms with Gasteiger partial charge in [-0.15, -0.1) is 0 Å². The molecule has 0 bridgehead atoms. The summed E-state index contributed by atoms with van der Waals surface area (Å²) in [6.45, 7) is 2.50. The Bertz CT molecular complexity index is 68.6. The fraction of sp³-hybridized carbons (Fsp3) is 0. The van der Waals surface area contributed by atoms with Crippen molar-refractivity contribution >= 4 is 0 Å². The summed E-state index contributed by atoms with van der Waals surface area (Å²) in [6, 6.07) is 5.00. The van der Waals surface area contributed by atoms with Gasteiger partial charge in [0.05, 0.1) is 0 Å². The Kier molecular flexibility index (Phi) is 0.409. The zero-order valence-electron chi connectivity index (χ0n) is 2.50. The van der Waals surface area contributed by atoms with Crippen molar-refractivity contribution in [3.05, 3.63) is 6.67 Å². The molecule has 2 nitrogen and oxygen atoms in total. The van der Waals surface area contributed by atoms with Crippen LogP contribution in [0, 0.1) is 18.8 Å². The van der Waals surface area contributed by atoms with Crippen molar-refractivity contribution in [3.8, 4) is 12.1 Å². The normalized spacial score (nSPS) is 14.4. The standard InChI is InChI=1S/C3H2N2/c1-2-5-3-4-1/h4-5H. The predicted molar refractivity (Wildman–Crippen MR) is 17.3 cm³/mol. The Morgan fingerprint density at radius 2 is 1.60 bits per heavy atom. The predicted octanol–water partition coefficient (Wildman–Crippen LogP) is -0.906. The van der Waals surface area contributed by atoms with Crippen molar-refractivity contribution in [1.29, 1.82) is 0 Å². The zero-order chi connectivity index (χ0) is 3.54. The number of hydrogen-bond acceptors (Lipinski definition) is 2. The highest BCUT2D eigenvalue weighted by Gasteiger charge is 1.80. The molecule has 0 saturated heterocycles. The molecule has 0 aromatic carbocycles. The SMILES string of the molecule is [C]1NC#CN1. The van der Waals surface area contributed by atoms with Gasteiger partial charge in [0.1, 0.15) is 0 Å². The van der Waals surface area contributed by atoms with E-state index in [2.05, 4.69) is 29.4 Å². The van der Waals surface area contributed by atoms with Crippen LogP contribution in [-0.4, -0.2) is 0 Å². The molecule has 2 radical (unpaired) electrons. The molecular weight excluding hydrogens is 64.0 g/mol. The number of rotatable bonds is 0. The van der Waals surface area contributed by atoms with Gasteiger partial charge in [-0.25, -0.2) is 0 Å². The lowest BCUT2D eigenvalue weighted by molar-refractivity contribution is 0.996. The summed E-state index contributed by atoms with van der Waals surface area (Å²) < 4.78 is 0. The van der Waals surface area contributed by atoms with E-state index in [1.54, 1.807) is 0 Å². The highest BCUT2D eigenvalue weighted by atomic mass is 15.1. The lowest BCUT2D eigenvalue weighted by Crippen LogP contribution is -2.04. The molecule has 0 saturated carbocycles. The van der Waals surface area contributed by atoms with Crippen molar-refractivity contribution < 1.29 is 0 Å². The summed E-state index contributed by atoms with van der Waals surface area (Å²) in [7, 11) is 0. The summed E-state index contributed by atoms with van der Waals surface area (Å²) in [5.74, 6) is 0. The van der Waals surface area contributed by atoms with Crippen LogP contribution in [-0.2, 0) is 0 Å². The molecule has 1 aliphatic heterocycles. The average Bonchev–Trinajstić information content (AvgIpc) is 1.76. The van der Waals surface area contributed by atoms with E-state index >= 15 is 0 Å². The first kappa shape index (κ1) is 2.40. The van der Waals surface area contributed by atoms with Crippen LogP contribution in [0.1, 0.15) is 0 Å². The number of nitrogens with one attached hydrogen (secondary N) is 2. The minimum atomic E-state index is 2.50. The molecule has 0 fully saturated rings. The second-order valence-corrected chi connectivity index (χ2v) is 0.625. The monoisotopic (exact) mass is 66.0 g/mol. The molecule has 0 spiro atoms. The second kappa shape index (κ2) is 0.852. The van der Waals surface area contributed by atoms with E-state index in [9.17, 15) is 0 Å². The molecule has 0 amide bonds. The summed E-state index contributed by atoms with van der Waals surface area (Å²) in [4.78, 5) is 0. The first-order valence-corrected chi connectivity index (χ1v) is 1.25. The lowest BCUT2D eigenvalue weighted by atomic mass is 11.1. The van der Waals surface area contributed by atoms with Gasteiger partial charge in [0.2, 0.25) is 6.67 Å². The Balaban J connectivity index is 2.42. The molecule has 2 N–H and O–H groups in total. The molecular formula is C3H2N2. The average molecular weight is 66.1 g/mol. The van der Waals surface area contributed by atoms with Crippen LogP contribution in [0.3, 0.4) is 0 Å². The molecule has 0 atom stereocenters. The quantitative estimate of drug-likeness (QED) is 0.358. The van der Waals surface area contributed by atoms with Gasteiger partial charge in [0, 0.05) is 12.1 Å². The largest absolute Gasteiger partial charge is 0.313 e. The summed E-state index contributed by atoms with van der Waals surface area (Å²) >= 11 is 0. The molecule has 1 heterocycles. The van der Waals surface area contributed by atoms with Crippen molar-refractivity contribution in [2.75, 3.05) is 0 Å². The van der Waals surface area contributed by atoms with Crippen LogP contribution >= 0.6 is 0 Å². The maximum absolute atomic E-state index is 2.50. The number of hydrogen-bond donors (Lipinski definition) is 2. The van der Waals surface area contributed by atoms with Gasteiger partial charge < -0.3 is 10.6 Å². The molecule has 0 unspecified atom stereocenters. The Hall–Kier alpha value is -0.840. The van der Waals surface area contributed by atoms with Crippen LogP contribution in [0.4, 0.5) is 0 Å². The maximum Gasteiger partial charge on any atom is 0.218 e. The Labute approximate surface area is 30.6 Å². The van der Waals surface area contributed by atoms with Gasteiger partial charge in [-0.1, -0.05) is 0 Å². The molecule has 24 valence electrons. The summed E-state index contributed by atoms with van der Waals surface area (Å²) in [6.07, 6.45) is 0. The van der Waals surface area contributed by atoms with E-state index in [0.717, 1.165) is 0 Å². The van der Waals surface area contributed by atoms with Gasteiger partial charge >= 0.3 is 0 Å². The van der Waals surface area contributed by atoms with E-state index in [-0.39, 0.29) is 0 Å². The van der Waals surface area contributed by atoms with Gasteiger partial charge in [0.25, 0.3) is 0 Å². The van der Waals surface area contributed by atoms with E-state index in [1.165, 1.54) is 0 Å². The van der Waals surface area contributed by atoms with Crippen LogP contribution in [0.25, 0.3) is 0 Å². The summed E-state index contributed by atoms with van der Waals surface area (Å²) in [5, 5.41) is 5.00. The zero-order valence-corrected chi connectivity index (χ0v) is 2.50. The van der Waals surface area contributed by atoms with E-state index in [4.69, 9.17) is 0 Å². The molecule has 1 aliphatic rings. The maximum atomic E-state index is 2.50. The first-order chi connectivity index (χ1) is 2.50. The third-order valence-electron chi connectivity index (χ3n) is 0.312. The lowest BCUT2D eigenvalue weighted by Gasteiger charge is -1.75. The topological polar surface area (TPSA) is 24.1 Å². The van der Waals surface area contributed by atoms with Gasteiger partial charge in [0.15, 0.2) is 0 Å². The Morgan fingerprint density at radius 3 is 1.80 bits per heavy atom. The molecule has 1 rings (SSSR count). The van der Waals surface area contributed by atoms with E-state index in [0.29, 0.717) is 0 Å². The molecule has 0 aromatic rings. The van der Waals surface area contributed by atoms with Crippen LogP contribution < -0.4 is 10.6 Å². The van der Waals surface area contributed by atoms with Gasteiger partial charge in [-0.3, -0.25) is 0 Å².